The first-order valence-electron chi connectivity index (χ1n) is 4.72. The Balaban J connectivity index is 2.45. The Bertz CT molecular complexity index is 643. The zero-order chi connectivity index (χ0) is 11.1. The Morgan fingerprint density at radius 2 is 2.19 bits per heavy atom. The summed E-state index contributed by atoms with van der Waals surface area (Å²) >= 11 is 2.63. The molecule has 0 amide bonds. The predicted octanol–water partition coefficient (Wildman–Crippen LogP) is 3.87. The average Bonchev–Trinajstić information content (AvgIpc) is 2.89. The molecule has 0 aliphatic carbocycles. The summed E-state index contributed by atoms with van der Waals surface area (Å²) in [6.45, 7) is 1.76. The highest BCUT2D eigenvalue weighted by molar-refractivity contribution is 7.13. The molecule has 0 fully saturated rings. The van der Waals surface area contributed by atoms with Gasteiger partial charge in [-0.2, -0.15) is 8.75 Å². The van der Waals surface area contributed by atoms with Crippen molar-refractivity contribution in [3.05, 3.63) is 35.0 Å². The summed E-state index contributed by atoms with van der Waals surface area (Å²) in [6, 6.07) is 5.56. The maximum absolute atomic E-state index is 14.1. The standard InChI is InChI=1S/C11H7FN2S2/c1-6-5-7-11(14-16-13-7)9(10(6)12)8-3-2-4-15-8/h2-5H,1H3. The van der Waals surface area contributed by atoms with E-state index >= 15 is 0 Å². The van der Waals surface area contributed by atoms with E-state index in [1.807, 2.05) is 17.5 Å². The molecule has 0 atom stereocenters. The van der Waals surface area contributed by atoms with Gasteiger partial charge in [0.05, 0.1) is 17.3 Å². The molecule has 2 nitrogen and oxygen atoms in total. The molecule has 0 N–H and O–H groups in total. The Hall–Kier alpha value is -1.33. The number of rotatable bonds is 1. The monoisotopic (exact) mass is 250 g/mol. The van der Waals surface area contributed by atoms with E-state index in [1.54, 1.807) is 13.0 Å². The second-order valence-electron chi connectivity index (χ2n) is 3.49. The fourth-order valence-electron chi connectivity index (χ4n) is 1.68. The molecular formula is C11H7FN2S2. The van der Waals surface area contributed by atoms with Gasteiger partial charge in [-0.15, -0.1) is 11.3 Å². The molecule has 0 saturated carbocycles. The van der Waals surface area contributed by atoms with E-state index in [0.717, 1.165) is 22.1 Å². The van der Waals surface area contributed by atoms with E-state index in [-0.39, 0.29) is 5.82 Å². The first-order valence-corrected chi connectivity index (χ1v) is 6.33. The van der Waals surface area contributed by atoms with Crippen molar-refractivity contribution in [2.24, 2.45) is 0 Å². The van der Waals surface area contributed by atoms with Gasteiger partial charge in [0.1, 0.15) is 16.9 Å². The van der Waals surface area contributed by atoms with E-state index < -0.39 is 0 Å². The highest BCUT2D eigenvalue weighted by Gasteiger charge is 2.16. The van der Waals surface area contributed by atoms with Crippen LogP contribution in [0.2, 0.25) is 0 Å². The van der Waals surface area contributed by atoms with E-state index in [9.17, 15) is 4.39 Å². The zero-order valence-electron chi connectivity index (χ0n) is 8.40. The van der Waals surface area contributed by atoms with Crippen LogP contribution < -0.4 is 0 Å². The second kappa shape index (κ2) is 3.61. The summed E-state index contributed by atoms with van der Waals surface area (Å²) in [5, 5.41) is 1.93. The number of benzene rings is 1. The van der Waals surface area contributed by atoms with Crippen LogP contribution in [-0.4, -0.2) is 8.75 Å². The molecule has 0 saturated heterocycles. The summed E-state index contributed by atoms with van der Waals surface area (Å²) in [5.74, 6) is -0.192. The number of aryl methyl sites for hydroxylation is 1. The van der Waals surface area contributed by atoms with E-state index in [2.05, 4.69) is 8.75 Å². The summed E-state index contributed by atoms with van der Waals surface area (Å²) in [7, 11) is 0. The van der Waals surface area contributed by atoms with Crippen LogP contribution in [0.1, 0.15) is 5.56 Å². The van der Waals surface area contributed by atoms with Gasteiger partial charge in [0.25, 0.3) is 0 Å². The smallest absolute Gasteiger partial charge is 0.137 e. The number of fused-ring (bicyclic) bond motifs is 1. The number of hydrogen-bond acceptors (Lipinski definition) is 4. The lowest BCUT2D eigenvalue weighted by molar-refractivity contribution is 0.624. The van der Waals surface area contributed by atoms with Crippen LogP contribution >= 0.6 is 23.1 Å². The zero-order valence-corrected chi connectivity index (χ0v) is 10.0. The van der Waals surface area contributed by atoms with Crippen molar-refractivity contribution in [3.63, 3.8) is 0 Å². The highest BCUT2D eigenvalue weighted by atomic mass is 32.1. The molecule has 0 radical (unpaired) electrons. The fourth-order valence-corrected chi connectivity index (χ4v) is 2.98. The van der Waals surface area contributed by atoms with E-state index in [4.69, 9.17) is 0 Å². The molecule has 0 bridgehead atoms. The van der Waals surface area contributed by atoms with Crippen molar-refractivity contribution in [1.82, 2.24) is 8.75 Å². The van der Waals surface area contributed by atoms with Crippen LogP contribution in [0.15, 0.2) is 23.6 Å². The fraction of sp³-hybridized carbons (Fsp3) is 0.0909. The molecule has 3 aromatic rings. The van der Waals surface area contributed by atoms with Crippen molar-refractivity contribution >= 4 is 34.1 Å². The lowest BCUT2D eigenvalue weighted by Crippen LogP contribution is -1.89. The third kappa shape index (κ3) is 1.36. The number of hydrogen-bond donors (Lipinski definition) is 0. The number of aromatic nitrogens is 2. The quantitative estimate of drug-likeness (QED) is 0.655. The van der Waals surface area contributed by atoms with Gasteiger partial charge in [-0.05, 0) is 30.0 Å². The largest absolute Gasteiger partial charge is 0.206 e. The number of nitrogens with zero attached hydrogens (tertiary/aromatic N) is 2. The van der Waals surface area contributed by atoms with Crippen LogP contribution in [0.5, 0.6) is 0 Å². The average molecular weight is 250 g/mol. The molecule has 0 aliphatic heterocycles. The summed E-state index contributed by atoms with van der Waals surface area (Å²) in [6.07, 6.45) is 0. The Labute approximate surface area is 99.7 Å². The first-order chi connectivity index (χ1) is 7.77. The van der Waals surface area contributed by atoms with Crippen LogP contribution in [0.25, 0.3) is 21.5 Å². The van der Waals surface area contributed by atoms with Gasteiger partial charge in [-0.25, -0.2) is 4.39 Å². The molecule has 2 heterocycles. The van der Waals surface area contributed by atoms with E-state index in [1.165, 1.54) is 11.3 Å². The maximum Gasteiger partial charge on any atom is 0.137 e. The molecule has 16 heavy (non-hydrogen) atoms. The molecule has 5 heteroatoms. The molecule has 0 unspecified atom stereocenters. The normalized spacial score (nSPS) is 11.1. The van der Waals surface area contributed by atoms with Gasteiger partial charge >= 0.3 is 0 Å². The predicted molar refractivity (Wildman–Crippen MR) is 65.4 cm³/mol. The highest BCUT2D eigenvalue weighted by Crippen LogP contribution is 2.34. The van der Waals surface area contributed by atoms with Crippen LogP contribution in [0.4, 0.5) is 4.39 Å². The van der Waals surface area contributed by atoms with Gasteiger partial charge < -0.3 is 0 Å². The lowest BCUT2D eigenvalue weighted by Gasteiger charge is -2.03. The minimum atomic E-state index is -0.192. The summed E-state index contributed by atoms with van der Waals surface area (Å²) < 4.78 is 22.4. The van der Waals surface area contributed by atoms with Crippen molar-refractivity contribution < 1.29 is 4.39 Å². The van der Waals surface area contributed by atoms with Crippen LogP contribution in [0.3, 0.4) is 0 Å². The Morgan fingerprint density at radius 3 is 2.94 bits per heavy atom. The Morgan fingerprint density at radius 1 is 1.31 bits per heavy atom. The van der Waals surface area contributed by atoms with Crippen LogP contribution in [-0.2, 0) is 0 Å². The second-order valence-corrected chi connectivity index (χ2v) is 4.97. The van der Waals surface area contributed by atoms with Gasteiger partial charge in [0.2, 0.25) is 0 Å². The molecule has 2 aromatic heterocycles. The Kier molecular flexibility index (Phi) is 2.22. The molecule has 1 aromatic carbocycles. The van der Waals surface area contributed by atoms with E-state index in [0.29, 0.717) is 16.6 Å². The van der Waals surface area contributed by atoms with Gasteiger partial charge in [0, 0.05) is 4.88 Å². The molecular weight excluding hydrogens is 243 g/mol. The molecule has 3 rings (SSSR count). The third-order valence-corrected chi connectivity index (χ3v) is 3.87. The summed E-state index contributed by atoms with van der Waals surface area (Å²) in [4.78, 5) is 0.902. The molecule has 0 aliphatic rings. The topological polar surface area (TPSA) is 25.8 Å². The third-order valence-electron chi connectivity index (χ3n) is 2.44. The maximum atomic E-state index is 14.1. The van der Waals surface area contributed by atoms with Crippen molar-refractivity contribution in [1.29, 1.82) is 0 Å². The minimum absolute atomic E-state index is 0.192. The van der Waals surface area contributed by atoms with Crippen molar-refractivity contribution in [3.8, 4) is 10.4 Å². The lowest BCUT2D eigenvalue weighted by atomic mass is 10.1. The molecule has 0 spiro atoms. The van der Waals surface area contributed by atoms with Crippen molar-refractivity contribution in [2.45, 2.75) is 6.92 Å². The number of halogens is 1. The van der Waals surface area contributed by atoms with Crippen molar-refractivity contribution in [2.75, 3.05) is 0 Å². The SMILES string of the molecule is Cc1cc2nsnc2c(-c2cccs2)c1F. The number of thiophene rings is 1. The summed E-state index contributed by atoms with van der Waals surface area (Å²) in [5.41, 5.74) is 2.63. The van der Waals surface area contributed by atoms with Crippen LogP contribution in [0, 0.1) is 12.7 Å². The van der Waals surface area contributed by atoms with Gasteiger partial charge in [0.15, 0.2) is 0 Å². The first kappa shape index (κ1) is 9.86. The van der Waals surface area contributed by atoms with Gasteiger partial charge in [-0.1, -0.05) is 6.07 Å². The minimum Gasteiger partial charge on any atom is -0.206 e. The van der Waals surface area contributed by atoms with Gasteiger partial charge in [-0.3, -0.25) is 0 Å². The molecule has 80 valence electrons.